The molecule has 3 amide bonds. The van der Waals surface area contributed by atoms with Crippen molar-refractivity contribution in [2.45, 2.75) is 71.5 Å². The maximum Gasteiger partial charge on any atom is 0.407 e. The standard InChI is InChI=1S/C36H53F2N5O5Si/c1-9-11-25(10-2)22-42-23-26(28-21-27(37)12-13-29(28)38)20-31(42)33(36(3,4)5)43(32(45)24-44)17-14-30(34(46)40-16-15-39)41-35(47)48-18-19-49(6,7)8/h9-13,20-21,23,30,33,44H,1-2,14-19,22,24,39H2,3-8H3,(H,40,46)(H,41,47)/b25-11+/t30-,33-/m0/s1. The van der Waals surface area contributed by atoms with Crippen LogP contribution in [-0.2, 0) is 20.9 Å². The van der Waals surface area contributed by atoms with E-state index in [-0.39, 0.29) is 44.8 Å². The Kier molecular flexibility index (Phi) is 15.6. The van der Waals surface area contributed by atoms with E-state index < -0.39 is 61.7 Å². The number of aliphatic hydroxyl groups is 1. The third-order valence-corrected chi connectivity index (χ3v) is 9.48. The predicted molar refractivity (Wildman–Crippen MR) is 192 cm³/mol. The van der Waals surface area contributed by atoms with E-state index in [1.807, 2.05) is 25.3 Å². The summed E-state index contributed by atoms with van der Waals surface area (Å²) in [5, 5.41) is 15.4. The SMILES string of the molecule is C=C/C=C(\C=C)Cn1cc(-c2cc(F)ccc2F)cc1[C@H](N(CC[C@H](NC(=O)OCC[Si](C)(C)C)C(=O)NCCN)C(=O)CO)C(C)(C)C. The molecule has 1 heterocycles. The van der Waals surface area contributed by atoms with E-state index in [2.05, 4.69) is 43.4 Å². The molecule has 1 aromatic carbocycles. The number of allylic oxidation sites excluding steroid dienone is 4. The normalized spacial score (nSPS) is 13.3. The minimum absolute atomic E-state index is 0.0296. The highest BCUT2D eigenvalue weighted by molar-refractivity contribution is 6.76. The Labute approximate surface area is 290 Å². The fourth-order valence-electron chi connectivity index (χ4n) is 5.34. The van der Waals surface area contributed by atoms with E-state index in [1.54, 1.807) is 30.5 Å². The van der Waals surface area contributed by atoms with Crippen molar-refractivity contribution in [3.63, 3.8) is 0 Å². The molecule has 0 spiro atoms. The first-order valence-electron chi connectivity index (χ1n) is 16.4. The van der Waals surface area contributed by atoms with Gasteiger partial charge < -0.3 is 35.7 Å². The van der Waals surface area contributed by atoms with Crippen molar-refractivity contribution in [1.29, 1.82) is 0 Å². The van der Waals surface area contributed by atoms with Gasteiger partial charge in [0.1, 0.15) is 24.3 Å². The molecule has 270 valence electrons. The summed E-state index contributed by atoms with van der Waals surface area (Å²) in [5.41, 5.74) is 6.64. The van der Waals surface area contributed by atoms with Crippen LogP contribution in [0.1, 0.15) is 38.9 Å². The average molecular weight is 702 g/mol. The smallest absolute Gasteiger partial charge is 0.407 e. The number of carbonyl (C=O) groups excluding carboxylic acids is 3. The second kappa shape index (κ2) is 18.6. The quantitative estimate of drug-likeness (QED) is 0.119. The third kappa shape index (κ3) is 12.7. The van der Waals surface area contributed by atoms with E-state index in [1.165, 1.54) is 4.90 Å². The summed E-state index contributed by atoms with van der Waals surface area (Å²) in [6, 6.07) is 3.79. The van der Waals surface area contributed by atoms with Crippen LogP contribution in [0.4, 0.5) is 13.6 Å². The molecule has 5 N–H and O–H groups in total. The van der Waals surface area contributed by atoms with E-state index >= 15 is 4.39 Å². The monoisotopic (exact) mass is 701 g/mol. The Morgan fingerprint density at radius 3 is 2.43 bits per heavy atom. The average Bonchev–Trinajstić information content (AvgIpc) is 3.42. The van der Waals surface area contributed by atoms with Crippen molar-refractivity contribution < 1.29 is 33.0 Å². The first-order valence-corrected chi connectivity index (χ1v) is 20.1. The molecule has 0 unspecified atom stereocenters. The Morgan fingerprint density at radius 2 is 1.86 bits per heavy atom. The Bertz CT molecular complexity index is 1500. The zero-order chi connectivity index (χ0) is 36.9. The number of nitrogens with one attached hydrogen (secondary N) is 2. The van der Waals surface area contributed by atoms with Crippen molar-refractivity contribution >= 4 is 26.0 Å². The van der Waals surface area contributed by atoms with Gasteiger partial charge in [0.25, 0.3) is 0 Å². The van der Waals surface area contributed by atoms with Gasteiger partial charge >= 0.3 is 6.09 Å². The molecule has 0 bridgehead atoms. The number of aromatic nitrogens is 1. The van der Waals surface area contributed by atoms with Crippen molar-refractivity contribution in [1.82, 2.24) is 20.1 Å². The lowest BCUT2D eigenvalue weighted by atomic mass is 9.82. The molecule has 13 heteroatoms. The van der Waals surface area contributed by atoms with Gasteiger partial charge in [-0.1, -0.05) is 71.8 Å². The summed E-state index contributed by atoms with van der Waals surface area (Å²) < 4.78 is 36.5. The lowest BCUT2D eigenvalue weighted by Crippen LogP contribution is -2.51. The topological polar surface area (TPSA) is 139 Å². The van der Waals surface area contributed by atoms with Crippen LogP contribution in [0.15, 0.2) is 67.4 Å². The van der Waals surface area contributed by atoms with Crippen LogP contribution in [0.2, 0.25) is 25.7 Å². The van der Waals surface area contributed by atoms with Gasteiger partial charge in [-0.15, -0.1) is 0 Å². The first kappa shape index (κ1) is 41.1. The highest BCUT2D eigenvalue weighted by atomic mass is 28.3. The lowest BCUT2D eigenvalue weighted by Gasteiger charge is -2.41. The summed E-state index contributed by atoms with van der Waals surface area (Å²) in [6.45, 7) is 19.7. The summed E-state index contributed by atoms with van der Waals surface area (Å²) in [4.78, 5) is 40.9. The zero-order valence-corrected chi connectivity index (χ0v) is 30.7. The molecule has 0 radical (unpaired) electrons. The number of ether oxygens (including phenoxy) is 1. The largest absolute Gasteiger partial charge is 0.450 e. The number of benzene rings is 1. The zero-order valence-electron chi connectivity index (χ0n) is 29.7. The molecule has 0 aliphatic carbocycles. The minimum Gasteiger partial charge on any atom is -0.450 e. The summed E-state index contributed by atoms with van der Waals surface area (Å²) in [6.07, 6.45) is 5.90. The Hall–Kier alpha value is -4.07. The van der Waals surface area contributed by atoms with Gasteiger partial charge in [0, 0.05) is 57.3 Å². The van der Waals surface area contributed by atoms with Crippen LogP contribution in [-0.4, -0.2) is 79.4 Å². The number of amides is 3. The van der Waals surface area contributed by atoms with Crippen molar-refractivity contribution in [2.24, 2.45) is 11.1 Å². The molecule has 49 heavy (non-hydrogen) atoms. The van der Waals surface area contributed by atoms with Crippen molar-refractivity contribution in [3.8, 4) is 11.1 Å². The van der Waals surface area contributed by atoms with E-state index in [4.69, 9.17) is 10.5 Å². The number of nitrogens with two attached hydrogens (primary N) is 1. The van der Waals surface area contributed by atoms with E-state index in [0.29, 0.717) is 11.3 Å². The van der Waals surface area contributed by atoms with Crippen molar-refractivity contribution in [3.05, 3.63) is 84.7 Å². The number of halogens is 2. The number of carbonyl (C=O) groups is 3. The molecule has 0 aliphatic heterocycles. The van der Waals surface area contributed by atoms with Gasteiger partial charge in [-0.3, -0.25) is 9.59 Å². The molecule has 2 rings (SSSR count). The highest BCUT2D eigenvalue weighted by Gasteiger charge is 2.38. The third-order valence-electron chi connectivity index (χ3n) is 7.78. The van der Waals surface area contributed by atoms with E-state index in [9.17, 15) is 23.9 Å². The summed E-state index contributed by atoms with van der Waals surface area (Å²) >= 11 is 0. The Balaban J connectivity index is 2.63. The van der Waals surface area contributed by atoms with Crippen LogP contribution >= 0.6 is 0 Å². The second-order valence-corrected chi connectivity index (χ2v) is 19.7. The van der Waals surface area contributed by atoms with Gasteiger partial charge in [-0.05, 0) is 47.7 Å². The summed E-state index contributed by atoms with van der Waals surface area (Å²) in [7, 11) is -1.48. The Morgan fingerprint density at radius 1 is 1.16 bits per heavy atom. The van der Waals surface area contributed by atoms with Gasteiger partial charge in [0.15, 0.2) is 0 Å². The molecule has 2 atom stereocenters. The number of hydrogen-bond donors (Lipinski definition) is 4. The van der Waals surface area contributed by atoms with E-state index in [0.717, 1.165) is 29.8 Å². The molecule has 0 saturated heterocycles. The molecule has 1 aromatic heterocycles. The first-order chi connectivity index (χ1) is 22.9. The molecule has 2 aromatic rings. The molecule has 0 aliphatic rings. The highest BCUT2D eigenvalue weighted by Crippen LogP contribution is 2.41. The maximum atomic E-state index is 15.0. The van der Waals surface area contributed by atoms with Gasteiger partial charge in [0.2, 0.25) is 11.8 Å². The van der Waals surface area contributed by atoms with Crippen LogP contribution < -0.4 is 16.4 Å². The number of rotatable bonds is 18. The molecular formula is C36H53F2N5O5Si. The number of nitrogens with zero attached hydrogens (tertiary/aromatic N) is 2. The van der Waals surface area contributed by atoms with Crippen LogP contribution in [0, 0.1) is 17.0 Å². The maximum absolute atomic E-state index is 15.0. The fourth-order valence-corrected chi connectivity index (χ4v) is 6.06. The number of alkyl carbamates (subject to hydrolysis) is 1. The van der Waals surface area contributed by atoms with Crippen LogP contribution in [0.3, 0.4) is 0 Å². The molecular weight excluding hydrogens is 649 g/mol. The van der Waals surface area contributed by atoms with Gasteiger partial charge in [-0.25, -0.2) is 13.6 Å². The van der Waals surface area contributed by atoms with Crippen LogP contribution in [0.5, 0.6) is 0 Å². The van der Waals surface area contributed by atoms with Gasteiger partial charge in [0.05, 0.1) is 12.6 Å². The van der Waals surface area contributed by atoms with Gasteiger partial charge in [-0.2, -0.15) is 0 Å². The number of aliphatic hydroxyl groups excluding tert-OH is 1. The predicted octanol–water partition coefficient (Wildman–Crippen LogP) is 5.54. The summed E-state index contributed by atoms with van der Waals surface area (Å²) in [5.74, 6) is -2.37. The molecule has 0 fully saturated rings. The lowest BCUT2D eigenvalue weighted by molar-refractivity contribution is -0.140. The minimum atomic E-state index is -1.48. The van der Waals surface area contributed by atoms with Crippen molar-refractivity contribution in [2.75, 3.05) is 32.8 Å². The fraction of sp³-hybridized carbons (Fsp3) is 0.472. The van der Waals surface area contributed by atoms with Crippen LogP contribution in [0.25, 0.3) is 11.1 Å². The molecule has 10 nitrogen and oxygen atoms in total. The molecule has 0 saturated carbocycles. The second-order valence-electron chi connectivity index (χ2n) is 14.1. The number of hydrogen-bond acceptors (Lipinski definition) is 6.